The van der Waals surface area contributed by atoms with Crippen LogP contribution in [-0.4, -0.2) is 23.9 Å². The second-order valence-electron chi connectivity index (χ2n) is 6.20. The Balaban J connectivity index is 1.70. The fourth-order valence-corrected chi connectivity index (χ4v) is 3.21. The number of rotatable bonds is 2. The van der Waals surface area contributed by atoms with E-state index in [4.69, 9.17) is 11.6 Å². The number of halogens is 1. The van der Waals surface area contributed by atoms with Gasteiger partial charge in [-0.1, -0.05) is 22.9 Å². The fraction of sp³-hybridized carbons (Fsp3) is 0.222. The molecule has 4 rings (SSSR count). The van der Waals surface area contributed by atoms with Gasteiger partial charge in [0, 0.05) is 5.02 Å². The Kier molecular flexibility index (Phi) is 3.58. The quantitative estimate of drug-likeness (QED) is 0.776. The van der Waals surface area contributed by atoms with E-state index in [1.54, 1.807) is 30.3 Å². The van der Waals surface area contributed by atoms with E-state index in [0.29, 0.717) is 16.4 Å². The van der Waals surface area contributed by atoms with Crippen LogP contribution in [0.3, 0.4) is 0 Å². The minimum absolute atomic E-state index is 0.321. The number of hydrogen-bond donors (Lipinski definition) is 0. The zero-order chi connectivity index (χ0) is 17.7. The maximum Gasteiger partial charge on any atom is 0.263 e. The maximum atomic E-state index is 13.0. The number of fused-ring (bicyclic) bond motifs is 1. The zero-order valence-electron chi connectivity index (χ0n) is 13.7. The summed E-state index contributed by atoms with van der Waals surface area (Å²) in [6, 6.07) is 10.9. The molecule has 0 aromatic heterocycles. The number of benzene rings is 2. The first kappa shape index (κ1) is 15.8. The van der Waals surface area contributed by atoms with Crippen LogP contribution in [-0.2, 0) is 9.59 Å². The number of carbonyl (C=O) groups is 2. The molecule has 6 nitrogen and oxygen atoms in total. The van der Waals surface area contributed by atoms with Crippen molar-refractivity contribution < 1.29 is 9.59 Å². The van der Waals surface area contributed by atoms with Crippen LogP contribution in [0.1, 0.15) is 11.1 Å². The normalized spacial score (nSPS) is 22.0. The van der Waals surface area contributed by atoms with Gasteiger partial charge in [0.15, 0.2) is 12.1 Å². The van der Waals surface area contributed by atoms with Crippen LogP contribution in [0.2, 0.25) is 5.02 Å². The molecular formula is C18H15ClN4O2. The molecule has 0 radical (unpaired) electrons. The Hall–Kier alpha value is -2.73. The number of aryl methyl sites for hydroxylation is 2. The van der Waals surface area contributed by atoms with Crippen LogP contribution in [0.15, 0.2) is 52.8 Å². The molecule has 2 amide bonds. The highest BCUT2D eigenvalue weighted by molar-refractivity contribution is 6.30. The lowest BCUT2D eigenvalue weighted by Gasteiger charge is -2.21. The molecule has 0 bridgehead atoms. The van der Waals surface area contributed by atoms with Gasteiger partial charge < -0.3 is 0 Å². The molecule has 0 aliphatic carbocycles. The summed E-state index contributed by atoms with van der Waals surface area (Å²) in [5, 5.41) is 10.1. The van der Waals surface area contributed by atoms with Gasteiger partial charge in [-0.15, -0.1) is 0 Å². The molecule has 2 atom stereocenters. The Morgan fingerprint density at radius 1 is 0.920 bits per heavy atom. The molecule has 0 saturated carbocycles. The van der Waals surface area contributed by atoms with Crippen molar-refractivity contribution in [3.05, 3.63) is 58.6 Å². The van der Waals surface area contributed by atoms with Gasteiger partial charge in [0.1, 0.15) is 0 Å². The van der Waals surface area contributed by atoms with Crippen molar-refractivity contribution in [3.8, 4) is 0 Å². The highest BCUT2D eigenvalue weighted by Crippen LogP contribution is 2.35. The third-order valence-corrected chi connectivity index (χ3v) is 4.87. The van der Waals surface area contributed by atoms with Gasteiger partial charge in [-0.2, -0.15) is 5.11 Å². The predicted molar refractivity (Wildman–Crippen MR) is 94.8 cm³/mol. The van der Waals surface area contributed by atoms with Gasteiger partial charge in [-0.25, -0.2) is 9.91 Å². The summed E-state index contributed by atoms with van der Waals surface area (Å²) in [6.45, 7) is 3.93. The van der Waals surface area contributed by atoms with Crippen LogP contribution in [0, 0.1) is 13.8 Å². The van der Waals surface area contributed by atoms with Crippen LogP contribution in [0.25, 0.3) is 0 Å². The number of carbonyl (C=O) groups excluding carboxylic acids is 2. The first-order valence-electron chi connectivity index (χ1n) is 7.88. The molecule has 2 aromatic rings. The number of nitrogens with zero attached hydrogens (tertiary/aromatic N) is 4. The molecule has 2 aliphatic heterocycles. The molecule has 1 saturated heterocycles. The summed E-state index contributed by atoms with van der Waals surface area (Å²) in [4.78, 5) is 26.9. The lowest BCUT2D eigenvalue weighted by atomic mass is 10.1. The topological polar surface area (TPSA) is 65.3 Å². The van der Waals surface area contributed by atoms with Crippen LogP contribution >= 0.6 is 11.6 Å². The summed E-state index contributed by atoms with van der Waals surface area (Å²) in [5.74, 6) is -0.670. The third kappa shape index (κ3) is 2.41. The van der Waals surface area contributed by atoms with Gasteiger partial charge in [-0.05, 0) is 61.4 Å². The lowest BCUT2D eigenvalue weighted by Crippen LogP contribution is -2.39. The second-order valence-corrected chi connectivity index (χ2v) is 6.63. The Morgan fingerprint density at radius 2 is 1.60 bits per heavy atom. The van der Waals surface area contributed by atoms with E-state index in [2.05, 4.69) is 10.3 Å². The zero-order valence-corrected chi connectivity index (χ0v) is 14.4. The number of imide groups is 1. The standard InChI is InChI=1S/C18H15ClN4O2/c1-10-3-6-14(9-11(10)2)22-17(24)15-16(18(22)25)23(21-20-15)13-7-4-12(19)5-8-13/h3-9,15-16H,1-2H3/t15-,16-/m0/s1. The van der Waals surface area contributed by atoms with Gasteiger partial charge in [0.05, 0.1) is 11.4 Å². The third-order valence-electron chi connectivity index (χ3n) is 4.62. The van der Waals surface area contributed by atoms with Gasteiger partial charge in [-0.3, -0.25) is 9.59 Å². The first-order chi connectivity index (χ1) is 12.0. The second kappa shape index (κ2) is 5.67. The Bertz CT molecular complexity index is 910. The Labute approximate surface area is 149 Å². The van der Waals surface area contributed by atoms with Crippen LogP contribution in [0.4, 0.5) is 11.4 Å². The van der Waals surface area contributed by atoms with Crippen molar-refractivity contribution in [2.75, 3.05) is 9.91 Å². The molecule has 0 N–H and O–H groups in total. The molecule has 2 aromatic carbocycles. The van der Waals surface area contributed by atoms with Crippen molar-refractivity contribution in [2.24, 2.45) is 10.3 Å². The van der Waals surface area contributed by atoms with Crippen molar-refractivity contribution in [1.29, 1.82) is 0 Å². The summed E-state index contributed by atoms with van der Waals surface area (Å²) in [6.07, 6.45) is 0. The van der Waals surface area contributed by atoms with E-state index in [0.717, 1.165) is 11.1 Å². The molecule has 126 valence electrons. The number of anilines is 2. The molecule has 25 heavy (non-hydrogen) atoms. The van der Waals surface area contributed by atoms with Gasteiger partial charge in [0.25, 0.3) is 11.8 Å². The monoisotopic (exact) mass is 354 g/mol. The van der Waals surface area contributed by atoms with Crippen molar-refractivity contribution >= 4 is 34.8 Å². The Morgan fingerprint density at radius 3 is 2.28 bits per heavy atom. The molecule has 2 aliphatic rings. The minimum Gasteiger partial charge on any atom is -0.271 e. The summed E-state index contributed by atoms with van der Waals surface area (Å²) >= 11 is 5.91. The fourth-order valence-electron chi connectivity index (χ4n) is 3.09. The smallest absolute Gasteiger partial charge is 0.263 e. The van der Waals surface area contributed by atoms with Crippen molar-refractivity contribution in [2.45, 2.75) is 25.9 Å². The summed E-state index contributed by atoms with van der Waals surface area (Å²) < 4.78 is 0. The molecular weight excluding hydrogens is 340 g/mol. The largest absolute Gasteiger partial charge is 0.271 e. The van der Waals surface area contributed by atoms with E-state index >= 15 is 0 Å². The maximum absolute atomic E-state index is 13.0. The van der Waals surface area contributed by atoms with Crippen LogP contribution < -0.4 is 9.91 Å². The average molecular weight is 355 g/mol. The molecule has 1 fully saturated rings. The summed E-state index contributed by atoms with van der Waals surface area (Å²) in [7, 11) is 0. The lowest BCUT2D eigenvalue weighted by molar-refractivity contribution is -0.121. The van der Waals surface area contributed by atoms with E-state index in [1.807, 2.05) is 26.0 Å². The molecule has 7 heteroatoms. The first-order valence-corrected chi connectivity index (χ1v) is 8.26. The van der Waals surface area contributed by atoms with E-state index in [1.165, 1.54) is 9.91 Å². The van der Waals surface area contributed by atoms with Gasteiger partial charge >= 0.3 is 0 Å². The minimum atomic E-state index is -0.815. The molecule has 0 unspecified atom stereocenters. The molecule has 0 spiro atoms. The van der Waals surface area contributed by atoms with E-state index in [9.17, 15) is 9.59 Å². The highest BCUT2D eigenvalue weighted by atomic mass is 35.5. The predicted octanol–water partition coefficient (Wildman–Crippen LogP) is 3.45. The van der Waals surface area contributed by atoms with Gasteiger partial charge in [0.2, 0.25) is 0 Å². The number of hydrogen-bond acceptors (Lipinski definition) is 5. The number of amides is 2. The van der Waals surface area contributed by atoms with Crippen LogP contribution in [0.5, 0.6) is 0 Å². The average Bonchev–Trinajstić information content (AvgIpc) is 3.12. The van der Waals surface area contributed by atoms with E-state index in [-0.39, 0.29) is 11.8 Å². The SMILES string of the molecule is Cc1ccc(N2C(=O)[C@H]3N=NN(c4ccc(Cl)cc4)[C@@H]3C2=O)cc1C. The highest BCUT2D eigenvalue weighted by Gasteiger charge is 2.55. The molecule has 2 heterocycles. The van der Waals surface area contributed by atoms with Crippen molar-refractivity contribution in [1.82, 2.24) is 0 Å². The van der Waals surface area contributed by atoms with Crippen molar-refractivity contribution in [3.63, 3.8) is 0 Å². The summed E-state index contributed by atoms with van der Waals surface area (Å²) in [5.41, 5.74) is 3.36. The van der Waals surface area contributed by atoms with E-state index < -0.39 is 12.1 Å².